The van der Waals surface area contributed by atoms with Crippen LogP contribution in [0.5, 0.6) is 5.75 Å². The Balaban J connectivity index is 1.63. The van der Waals surface area contributed by atoms with Gasteiger partial charge in [-0.15, -0.1) is 0 Å². The van der Waals surface area contributed by atoms with E-state index in [1.165, 1.54) is 12.8 Å². The number of carbonyl (C=O) groups excluding carboxylic acids is 1. The monoisotopic (exact) mass is 276 g/mol. The summed E-state index contributed by atoms with van der Waals surface area (Å²) in [7, 11) is 0. The van der Waals surface area contributed by atoms with Gasteiger partial charge in [-0.2, -0.15) is 0 Å². The predicted octanol–water partition coefficient (Wildman–Crippen LogP) is 1.96. The Hall–Kier alpha value is -1.55. The van der Waals surface area contributed by atoms with Crippen LogP contribution in [0.15, 0.2) is 30.3 Å². The van der Waals surface area contributed by atoms with E-state index in [2.05, 4.69) is 17.6 Å². The molecule has 1 heterocycles. The van der Waals surface area contributed by atoms with Crippen molar-refractivity contribution in [1.82, 2.24) is 10.6 Å². The molecule has 4 nitrogen and oxygen atoms in total. The summed E-state index contributed by atoms with van der Waals surface area (Å²) in [5, 5.41) is 6.41. The molecule has 1 aromatic carbocycles. The van der Waals surface area contributed by atoms with Crippen LogP contribution in [0.2, 0.25) is 0 Å². The van der Waals surface area contributed by atoms with Crippen molar-refractivity contribution >= 4 is 5.91 Å². The molecule has 0 aliphatic carbocycles. The van der Waals surface area contributed by atoms with E-state index in [0.717, 1.165) is 25.4 Å². The molecule has 1 atom stereocenters. The standard InChI is InChI=1S/C16H24N2O2/c1-16(9-5-10-17-12-16)13-18-15(19)8-11-20-14-6-3-2-4-7-14/h2-4,6-7,17H,5,8-13H2,1H3,(H,18,19). The fourth-order valence-electron chi connectivity index (χ4n) is 2.45. The van der Waals surface area contributed by atoms with Crippen LogP contribution in [-0.2, 0) is 4.79 Å². The number of hydrogen-bond donors (Lipinski definition) is 2. The molecule has 0 saturated carbocycles. The van der Waals surface area contributed by atoms with Crippen molar-refractivity contribution in [3.8, 4) is 5.75 Å². The molecule has 0 aromatic heterocycles. The van der Waals surface area contributed by atoms with Gasteiger partial charge in [0, 0.05) is 13.1 Å². The molecule has 4 heteroatoms. The minimum absolute atomic E-state index is 0.0627. The van der Waals surface area contributed by atoms with Crippen molar-refractivity contribution in [3.63, 3.8) is 0 Å². The van der Waals surface area contributed by atoms with Gasteiger partial charge in [-0.3, -0.25) is 4.79 Å². The Morgan fingerprint density at radius 2 is 2.20 bits per heavy atom. The predicted molar refractivity (Wildman–Crippen MR) is 79.8 cm³/mol. The first-order valence-electron chi connectivity index (χ1n) is 7.33. The zero-order valence-corrected chi connectivity index (χ0v) is 12.2. The minimum Gasteiger partial charge on any atom is -0.493 e. The van der Waals surface area contributed by atoms with Crippen molar-refractivity contribution in [2.75, 3.05) is 26.2 Å². The van der Waals surface area contributed by atoms with Gasteiger partial charge < -0.3 is 15.4 Å². The van der Waals surface area contributed by atoms with Gasteiger partial charge in [0.15, 0.2) is 0 Å². The normalized spacial score (nSPS) is 22.2. The van der Waals surface area contributed by atoms with E-state index >= 15 is 0 Å². The highest BCUT2D eigenvalue weighted by Gasteiger charge is 2.26. The molecular formula is C16H24N2O2. The smallest absolute Gasteiger partial charge is 0.223 e. The summed E-state index contributed by atoms with van der Waals surface area (Å²) in [5.74, 6) is 0.872. The second kappa shape index (κ2) is 7.29. The minimum atomic E-state index is 0.0627. The van der Waals surface area contributed by atoms with Crippen LogP contribution >= 0.6 is 0 Å². The van der Waals surface area contributed by atoms with Gasteiger partial charge >= 0.3 is 0 Å². The fourth-order valence-corrected chi connectivity index (χ4v) is 2.45. The number of para-hydroxylation sites is 1. The molecule has 0 spiro atoms. The third-order valence-electron chi connectivity index (χ3n) is 3.74. The fraction of sp³-hybridized carbons (Fsp3) is 0.562. The molecule has 1 aliphatic heterocycles. The molecule has 1 amide bonds. The molecular weight excluding hydrogens is 252 g/mol. The number of piperidine rings is 1. The molecule has 0 radical (unpaired) electrons. The summed E-state index contributed by atoms with van der Waals surface area (Å²) < 4.78 is 5.52. The highest BCUT2D eigenvalue weighted by molar-refractivity contribution is 5.76. The Morgan fingerprint density at radius 3 is 2.90 bits per heavy atom. The molecule has 2 N–H and O–H groups in total. The van der Waals surface area contributed by atoms with Gasteiger partial charge in [-0.25, -0.2) is 0 Å². The summed E-state index contributed by atoms with van der Waals surface area (Å²) in [5.41, 5.74) is 0.189. The molecule has 110 valence electrons. The van der Waals surface area contributed by atoms with E-state index in [-0.39, 0.29) is 11.3 Å². The summed E-state index contributed by atoms with van der Waals surface area (Å²) >= 11 is 0. The maximum absolute atomic E-state index is 11.8. The number of nitrogens with one attached hydrogen (secondary N) is 2. The summed E-state index contributed by atoms with van der Waals surface area (Å²) in [6.45, 7) is 5.46. The molecule has 0 bridgehead atoms. The quantitative estimate of drug-likeness (QED) is 0.835. The van der Waals surface area contributed by atoms with Crippen molar-refractivity contribution in [3.05, 3.63) is 30.3 Å². The van der Waals surface area contributed by atoms with Gasteiger partial charge in [-0.05, 0) is 36.9 Å². The van der Waals surface area contributed by atoms with Crippen LogP contribution < -0.4 is 15.4 Å². The maximum Gasteiger partial charge on any atom is 0.223 e. The van der Waals surface area contributed by atoms with Crippen molar-refractivity contribution in [2.24, 2.45) is 5.41 Å². The lowest BCUT2D eigenvalue weighted by Crippen LogP contribution is -2.45. The van der Waals surface area contributed by atoms with Gasteiger partial charge in [0.1, 0.15) is 5.75 Å². The number of benzene rings is 1. The third kappa shape index (κ3) is 4.85. The first-order chi connectivity index (χ1) is 9.68. The largest absolute Gasteiger partial charge is 0.493 e. The van der Waals surface area contributed by atoms with Crippen LogP contribution in [0, 0.1) is 5.41 Å². The highest BCUT2D eigenvalue weighted by atomic mass is 16.5. The van der Waals surface area contributed by atoms with E-state index in [0.29, 0.717) is 13.0 Å². The Morgan fingerprint density at radius 1 is 1.40 bits per heavy atom. The zero-order valence-electron chi connectivity index (χ0n) is 12.2. The van der Waals surface area contributed by atoms with Crippen molar-refractivity contribution in [2.45, 2.75) is 26.2 Å². The molecule has 1 aliphatic rings. The van der Waals surface area contributed by atoms with E-state index in [1.54, 1.807) is 0 Å². The average molecular weight is 276 g/mol. The van der Waals surface area contributed by atoms with Crippen LogP contribution in [0.4, 0.5) is 0 Å². The average Bonchev–Trinajstić information content (AvgIpc) is 2.47. The van der Waals surface area contributed by atoms with Gasteiger partial charge in [0.2, 0.25) is 5.91 Å². The van der Waals surface area contributed by atoms with E-state index in [1.807, 2.05) is 30.3 Å². The van der Waals surface area contributed by atoms with Crippen LogP contribution in [0.1, 0.15) is 26.2 Å². The van der Waals surface area contributed by atoms with Crippen molar-refractivity contribution in [1.29, 1.82) is 0 Å². The molecule has 2 rings (SSSR count). The van der Waals surface area contributed by atoms with Crippen LogP contribution in [0.3, 0.4) is 0 Å². The summed E-state index contributed by atoms with van der Waals surface area (Å²) in [6, 6.07) is 9.58. The molecule has 1 fully saturated rings. The number of amides is 1. The Bertz CT molecular complexity index is 414. The molecule has 1 unspecified atom stereocenters. The van der Waals surface area contributed by atoms with E-state index in [4.69, 9.17) is 4.74 Å². The lowest BCUT2D eigenvalue weighted by molar-refractivity contribution is -0.122. The number of hydrogen-bond acceptors (Lipinski definition) is 3. The van der Waals surface area contributed by atoms with E-state index in [9.17, 15) is 4.79 Å². The molecule has 1 aromatic rings. The van der Waals surface area contributed by atoms with Crippen LogP contribution in [-0.4, -0.2) is 32.1 Å². The maximum atomic E-state index is 11.8. The first kappa shape index (κ1) is 14.9. The number of carbonyl (C=O) groups is 1. The lowest BCUT2D eigenvalue weighted by atomic mass is 9.83. The third-order valence-corrected chi connectivity index (χ3v) is 3.74. The SMILES string of the molecule is CC1(CNC(=O)CCOc2ccccc2)CCCNC1. The summed E-state index contributed by atoms with van der Waals surface area (Å²) in [4.78, 5) is 11.8. The van der Waals surface area contributed by atoms with Crippen molar-refractivity contribution < 1.29 is 9.53 Å². The number of rotatable bonds is 6. The van der Waals surface area contributed by atoms with Gasteiger partial charge in [0.25, 0.3) is 0 Å². The second-order valence-electron chi connectivity index (χ2n) is 5.78. The van der Waals surface area contributed by atoms with Crippen LogP contribution in [0.25, 0.3) is 0 Å². The first-order valence-corrected chi connectivity index (χ1v) is 7.33. The zero-order chi connectivity index (χ0) is 14.3. The molecule has 1 saturated heterocycles. The van der Waals surface area contributed by atoms with Gasteiger partial charge in [0.05, 0.1) is 13.0 Å². The second-order valence-corrected chi connectivity index (χ2v) is 5.78. The van der Waals surface area contributed by atoms with E-state index < -0.39 is 0 Å². The van der Waals surface area contributed by atoms with Gasteiger partial charge in [-0.1, -0.05) is 25.1 Å². The molecule has 20 heavy (non-hydrogen) atoms. The topological polar surface area (TPSA) is 50.4 Å². The lowest BCUT2D eigenvalue weighted by Gasteiger charge is -2.34. The highest BCUT2D eigenvalue weighted by Crippen LogP contribution is 2.24. The Labute approximate surface area is 120 Å². The Kier molecular flexibility index (Phi) is 5.41. The number of ether oxygens (including phenoxy) is 1. The summed E-state index contributed by atoms with van der Waals surface area (Å²) in [6.07, 6.45) is 2.75.